The Balaban J connectivity index is 2.07. The highest BCUT2D eigenvalue weighted by atomic mass is 35.5. The van der Waals surface area contributed by atoms with Gasteiger partial charge in [-0.05, 0) is 31.4 Å². The van der Waals surface area contributed by atoms with Crippen molar-refractivity contribution >= 4 is 28.9 Å². The average Bonchev–Trinajstić information content (AvgIpc) is 2.84. The zero-order valence-electron chi connectivity index (χ0n) is 7.88. The van der Waals surface area contributed by atoms with Crippen LogP contribution in [0.2, 0.25) is 4.34 Å². The minimum atomic E-state index is -0.233. The molecule has 0 spiro atoms. The van der Waals surface area contributed by atoms with Gasteiger partial charge >= 0.3 is 5.97 Å². The van der Waals surface area contributed by atoms with E-state index in [0.717, 1.165) is 28.5 Å². The first-order chi connectivity index (χ1) is 6.66. The van der Waals surface area contributed by atoms with Crippen molar-refractivity contribution in [3.05, 3.63) is 21.3 Å². The number of esters is 1. The molecule has 1 fully saturated rings. The van der Waals surface area contributed by atoms with Gasteiger partial charge < -0.3 is 4.74 Å². The maximum atomic E-state index is 11.5. The van der Waals surface area contributed by atoms with Crippen molar-refractivity contribution in [3.8, 4) is 0 Å². The van der Waals surface area contributed by atoms with E-state index in [4.69, 9.17) is 16.3 Å². The van der Waals surface area contributed by atoms with Gasteiger partial charge in [0.1, 0.15) is 0 Å². The molecular weight excluding hydrogens is 220 g/mol. The Morgan fingerprint density at radius 2 is 2.36 bits per heavy atom. The first-order valence-corrected chi connectivity index (χ1v) is 5.68. The molecule has 1 aliphatic carbocycles. The molecule has 0 N–H and O–H groups in total. The summed E-state index contributed by atoms with van der Waals surface area (Å²) in [6, 6.07) is 3.85. The molecule has 0 aliphatic heterocycles. The number of carbonyl (C=O) groups is 1. The van der Waals surface area contributed by atoms with Crippen LogP contribution in [0.15, 0.2) is 12.1 Å². The molecule has 1 aromatic rings. The van der Waals surface area contributed by atoms with E-state index in [9.17, 15) is 4.79 Å². The summed E-state index contributed by atoms with van der Waals surface area (Å²) in [7, 11) is 1.45. The molecule has 76 valence electrons. The molecule has 2 rings (SSSR count). The molecule has 2 nitrogen and oxygen atoms in total. The second kappa shape index (κ2) is 3.55. The van der Waals surface area contributed by atoms with E-state index in [1.54, 1.807) is 11.3 Å². The van der Waals surface area contributed by atoms with Crippen molar-refractivity contribution in [2.24, 2.45) is 5.41 Å². The molecule has 0 radical (unpaired) electrons. The van der Waals surface area contributed by atoms with Crippen LogP contribution in [0, 0.1) is 5.41 Å². The zero-order chi connectivity index (χ0) is 10.2. The summed E-state index contributed by atoms with van der Waals surface area (Å²) in [5.74, 6) is -0.0815. The summed E-state index contributed by atoms with van der Waals surface area (Å²) in [6.07, 6.45) is 2.65. The van der Waals surface area contributed by atoms with E-state index in [-0.39, 0.29) is 11.4 Å². The average molecular weight is 231 g/mol. The van der Waals surface area contributed by atoms with Gasteiger partial charge in [-0.2, -0.15) is 0 Å². The van der Waals surface area contributed by atoms with E-state index >= 15 is 0 Å². The lowest BCUT2D eigenvalue weighted by molar-refractivity contribution is -0.147. The molecule has 4 heteroatoms. The smallest absolute Gasteiger partial charge is 0.312 e. The third-order valence-corrected chi connectivity index (χ3v) is 3.84. The van der Waals surface area contributed by atoms with Crippen molar-refractivity contribution in [2.75, 3.05) is 7.11 Å². The molecule has 1 aromatic heterocycles. The number of hydrogen-bond donors (Lipinski definition) is 0. The minimum absolute atomic E-state index is 0.0815. The third-order valence-electron chi connectivity index (χ3n) is 2.61. The predicted molar refractivity (Wildman–Crippen MR) is 56.7 cm³/mol. The van der Waals surface area contributed by atoms with E-state index in [1.165, 1.54) is 7.11 Å². The molecule has 1 aliphatic rings. The lowest BCUT2D eigenvalue weighted by atomic mass is 10.0. The van der Waals surface area contributed by atoms with Gasteiger partial charge in [-0.1, -0.05) is 11.6 Å². The van der Waals surface area contributed by atoms with E-state index in [2.05, 4.69) is 0 Å². The van der Waals surface area contributed by atoms with Gasteiger partial charge in [-0.3, -0.25) is 4.79 Å². The van der Waals surface area contributed by atoms with Crippen molar-refractivity contribution in [1.82, 2.24) is 0 Å². The second-order valence-corrected chi connectivity index (χ2v) is 5.45. The minimum Gasteiger partial charge on any atom is -0.469 e. The molecule has 0 atom stereocenters. The van der Waals surface area contributed by atoms with Crippen LogP contribution >= 0.6 is 22.9 Å². The molecule has 0 bridgehead atoms. The summed E-state index contributed by atoms with van der Waals surface area (Å²) in [4.78, 5) is 12.6. The van der Waals surface area contributed by atoms with Crippen LogP contribution in [0.3, 0.4) is 0 Å². The number of carbonyl (C=O) groups excluding carboxylic acids is 1. The van der Waals surface area contributed by atoms with Crippen LogP contribution in [0.5, 0.6) is 0 Å². The lowest BCUT2D eigenvalue weighted by Gasteiger charge is -2.10. The van der Waals surface area contributed by atoms with Gasteiger partial charge in [0.15, 0.2) is 0 Å². The van der Waals surface area contributed by atoms with Crippen molar-refractivity contribution in [3.63, 3.8) is 0 Å². The molecular formula is C10H11ClO2S. The molecule has 1 heterocycles. The Morgan fingerprint density at radius 3 is 2.79 bits per heavy atom. The highest BCUT2D eigenvalue weighted by Crippen LogP contribution is 2.50. The Hall–Kier alpha value is -0.540. The largest absolute Gasteiger partial charge is 0.469 e. The number of thiophene rings is 1. The van der Waals surface area contributed by atoms with Gasteiger partial charge in [0.25, 0.3) is 0 Å². The summed E-state index contributed by atoms with van der Waals surface area (Å²) >= 11 is 7.37. The summed E-state index contributed by atoms with van der Waals surface area (Å²) < 4.78 is 5.57. The SMILES string of the molecule is COC(=O)C1(Cc2ccc(Cl)s2)CC1. The maximum Gasteiger partial charge on any atom is 0.312 e. The fourth-order valence-electron chi connectivity index (χ4n) is 1.60. The Bertz CT molecular complexity index is 355. The van der Waals surface area contributed by atoms with Crippen molar-refractivity contribution in [2.45, 2.75) is 19.3 Å². The number of hydrogen-bond acceptors (Lipinski definition) is 3. The van der Waals surface area contributed by atoms with E-state index < -0.39 is 0 Å². The second-order valence-electron chi connectivity index (χ2n) is 3.65. The number of halogens is 1. The monoisotopic (exact) mass is 230 g/mol. The number of methoxy groups -OCH3 is 1. The van der Waals surface area contributed by atoms with Crippen molar-refractivity contribution < 1.29 is 9.53 Å². The van der Waals surface area contributed by atoms with E-state index in [0.29, 0.717) is 0 Å². The third kappa shape index (κ3) is 1.79. The maximum absolute atomic E-state index is 11.5. The number of rotatable bonds is 3. The highest BCUT2D eigenvalue weighted by Gasteiger charge is 2.51. The van der Waals surface area contributed by atoms with Gasteiger partial charge in [0, 0.05) is 4.88 Å². The van der Waals surface area contributed by atoms with Gasteiger partial charge in [0.05, 0.1) is 16.9 Å². The van der Waals surface area contributed by atoms with Crippen LogP contribution < -0.4 is 0 Å². The Labute approximate surface area is 91.8 Å². The molecule has 0 aromatic carbocycles. The first-order valence-electron chi connectivity index (χ1n) is 4.49. The fraction of sp³-hybridized carbons (Fsp3) is 0.500. The van der Waals surface area contributed by atoms with Gasteiger partial charge in [0.2, 0.25) is 0 Å². The Morgan fingerprint density at radius 1 is 1.64 bits per heavy atom. The normalized spacial score (nSPS) is 17.9. The zero-order valence-corrected chi connectivity index (χ0v) is 9.45. The Kier molecular flexibility index (Phi) is 2.54. The molecule has 0 unspecified atom stereocenters. The van der Waals surface area contributed by atoms with E-state index in [1.807, 2.05) is 12.1 Å². The predicted octanol–water partition coefficient (Wildman–Crippen LogP) is 2.90. The topological polar surface area (TPSA) is 26.3 Å². The van der Waals surface area contributed by atoms with Crippen LogP contribution in [0.25, 0.3) is 0 Å². The molecule has 1 saturated carbocycles. The van der Waals surface area contributed by atoms with Gasteiger partial charge in [-0.15, -0.1) is 11.3 Å². The highest BCUT2D eigenvalue weighted by molar-refractivity contribution is 7.16. The van der Waals surface area contributed by atoms with Crippen molar-refractivity contribution in [1.29, 1.82) is 0 Å². The van der Waals surface area contributed by atoms with Crippen LogP contribution in [0.4, 0.5) is 0 Å². The van der Waals surface area contributed by atoms with Crippen LogP contribution in [-0.2, 0) is 16.0 Å². The lowest BCUT2D eigenvalue weighted by Crippen LogP contribution is -2.19. The summed E-state index contributed by atoms with van der Waals surface area (Å²) in [5.41, 5.74) is -0.233. The molecule has 0 amide bonds. The standard InChI is InChI=1S/C10H11ClO2S/c1-13-9(12)10(4-5-10)6-7-2-3-8(11)14-7/h2-3H,4-6H2,1H3. The first kappa shape index (κ1) is 9.99. The molecule has 0 saturated heterocycles. The molecule has 14 heavy (non-hydrogen) atoms. The number of ether oxygens (including phenoxy) is 1. The summed E-state index contributed by atoms with van der Waals surface area (Å²) in [5, 5.41) is 0. The fourth-order valence-corrected chi connectivity index (χ4v) is 2.83. The summed E-state index contributed by atoms with van der Waals surface area (Å²) in [6.45, 7) is 0. The van der Waals surface area contributed by atoms with Gasteiger partial charge in [-0.25, -0.2) is 0 Å². The van der Waals surface area contributed by atoms with Crippen LogP contribution in [0.1, 0.15) is 17.7 Å². The quantitative estimate of drug-likeness (QED) is 0.747. The van der Waals surface area contributed by atoms with Crippen LogP contribution in [-0.4, -0.2) is 13.1 Å².